The van der Waals surface area contributed by atoms with Gasteiger partial charge in [0.15, 0.2) is 0 Å². The van der Waals surface area contributed by atoms with Crippen molar-refractivity contribution < 1.29 is 14.6 Å². The zero-order chi connectivity index (χ0) is 15.2. The van der Waals surface area contributed by atoms with E-state index in [4.69, 9.17) is 16.3 Å². The third kappa shape index (κ3) is 3.97. The molecule has 2 aromatic rings. The fourth-order valence-electron chi connectivity index (χ4n) is 1.95. The molecule has 0 saturated carbocycles. The Kier molecular flexibility index (Phi) is 5.20. The van der Waals surface area contributed by atoms with E-state index >= 15 is 0 Å². The predicted molar refractivity (Wildman–Crippen MR) is 83.1 cm³/mol. The van der Waals surface area contributed by atoms with E-state index in [9.17, 15) is 9.90 Å². The number of nitrogens with one attached hydrogen (secondary N) is 1. The van der Waals surface area contributed by atoms with Crippen LogP contribution in [0.3, 0.4) is 0 Å². The molecular weight excluding hydrogens is 290 g/mol. The minimum absolute atomic E-state index is 0.00258. The Morgan fingerprint density at radius 3 is 2.81 bits per heavy atom. The van der Waals surface area contributed by atoms with Gasteiger partial charge in [-0.25, -0.2) is 0 Å². The van der Waals surface area contributed by atoms with Crippen molar-refractivity contribution in [2.45, 2.75) is 6.42 Å². The molecule has 1 amide bonds. The van der Waals surface area contributed by atoms with E-state index in [2.05, 4.69) is 5.32 Å². The first-order valence-electron chi connectivity index (χ1n) is 6.48. The van der Waals surface area contributed by atoms with Gasteiger partial charge in [0.2, 0.25) is 0 Å². The van der Waals surface area contributed by atoms with E-state index in [0.717, 1.165) is 5.56 Å². The molecule has 0 unspecified atom stereocenters. The summed E-state index contributed by atoms with van der Waals surface area (Å²) in [7, 11) is 1.63. The number of aromatic hydroxyl groups is 1. The van der Waals surface area contributed by atoms with Gasteiger partial charge in [-0.3, -0.25) is 4.79 Å². The highest BCUT2D eigenvalue weighted by Crippen LogP contribution is 2.23. The summed E-state index contributed by atoms with van der Waals surface area (Å²) in [6.45, 7) is 0.569. The van der Waals surface area contributed by atoms with E-state index < -0.39 is 0 Å². The van der Waals surface area contributed by atoms with Crippen LogP contribution >= 0.6 is 11.6 Å². The number of carbonyl (C=O) groups excluding carboxylic acids is 1. The summed E-state index contributed by atoms with van der Waals surface area (Å²) >= 11 is 5.99. The van der Waals surface area contributed by atoms with Crippen LogP contribution < -0.4 is 5.32 Å². The van der Waals surface area contributed by atoms with Crippen molar-refractivity contribution in [2.75, 3.05) is 19.0 Å². The first-order valence-corrected chi connectivity index (χ1v) is 6.86. The minimum Gasteiger partial charge on any atom is -0.508 e. The Bertz CT molecular complexity index is 643. The summed E-state index contributed by atoms with van der Waals surface area (Å²) in [6.07, 6.45) is 0.695. The second-order valence-electron chi connectivity index (χ2n) is 4.52. The van der Waals surface area contributed by atoms with Crippen LogP contribution in [0.1, 0.15) is 15.9 Å². The maximum absolute atomic E-state index is 12.3. The highest BCUT2D eigenvalue weighted by Gasteiger charge is 2.13. The molecule has 5 heteroatoms. The molecule has 0 atom stereocenters. The molecule has 110 valence electrons. The molecule has 0 aliphatic rings. The number of amides is 1. The van der Waals surface area contributed by atoms with E-state index in [1.165, 1.54) is 18.2 Å². The zero-order valence-electron chi connectivity index (χ0n) is 11.6. The lowest BCUT2D eigenvalue weighted by Crippen LogP contribution is -2.14. The van der Waals surface area contributed by atoms with Crippen LogP contribution in [0.25, 0.3) is 0 Å². The predicted octanol–water partition coefficient (Wildman–Crippen LogP) is 3.49. The van der Waals surface area contributed by atoms with Crippen LogP contribution in [-0.4, -0.2) is 24.7 Å². The Balaban J connectivity index is 2.21. The van der Waals surface area contributed by atoms with Crippen molar-refractivity contribution in [3.8, 4) is 5.75 Å². The van der Waals surface area contributed by atoms with Gasteiger partial charge in [-0.1, -0.05) is 29.8 Å². The number of phenols is 1. The number of phenolic OH excluding ortho intramolecular Hbond substituents is 1. The van der Waals surface area contributed by atoms with Gasteiger partial charge in [0.25, 0.3) is 5.91 Å². The van der Waals surface area contributed by atoms with Gasteiger partial charge in [-0.05, 0) is 36.2 Å². The first-order chi connectivity index (χ1) is 10.1. The van der Waals surface area contributed by atoms with Gasteiger partial charge < -0.3 is 15.2 Å². The van der Waals surface area contributed by atoms with Crippen molar-refractivity contribution in [1.82, 2.24) is 0 Å². The molecular formula is C16H16ClNO3. The maximum atomic E-state index is 12.3. The number of rotatable bonds is 5. The monoisotopic (exact) mass is 305 g/mol. The minimum atomic E-state index is -0.360. The van der Waals surface area contributed by atoms with Gasteiger partial charge in [-0.2, -0.15) is 0 Å². The number of ether oxygens (including phenoxy) is 1. The number of hydrogen-bond donors (Lipinski definition) is 2. The quantitative estimate of drug-likeness (QED) is 0.889. The van der Waals surface area contributed by atoms with Gasteiger partial charge in [0.05, 0.1) is 17.2 Å². The number of anilines is 1. The Labute approximate surface area is 128 Å². The first kappa shape index (κ1) is 15.4. The summed E-state index contributed by atoms with van der Waals surface area (Å²) in [5.41, 5.74) is 1.92. The van der Waals surface area contributed by atoms with Crippen LogP contribution in [0.15, 0.2) is 42.5 Å². The average molecular weight is 306 g/mol. The van der Waals surface area contributed by atoms with Gasteiger partial charge in [-0.15, -0.1) is 0 Å². The second-order valence-corrected chi connectivity index (χ2v) is 4.93. The summed E-state index contributed by atoms with van der Waals surface area (Å²) < 4.78 is 5.06. The molecule has 0 aliphatic heterocycles. The van der Waals surface area contributed by atoms with Gasteiger partial charge in [0.1, 0.15) is 5.75 Å². The van der Waals surface area contributed by atoms with Crippen LogP contribution in [0.4, 0.5) is 5.69 Å². The molecule has 21 heavy (non-hydrogen) atoms. The van der Waals surface area contributed by atoms with Crippen molar-refractivity contribution in [2.24, 2.45) is 0 Å². The van der Waals surface area contributed by atoms with Crippen molar-refractivity contribution in [1.29, 1.82) is 0 Å². The van der Waals surface area contributed by atoms with Crippen LogP contribution in [-0.2, 0) is 11.2 Å². The molecule has 0 heterocycles. The molecule has 0 aliphatic carbocycles. The Morgan fingerprint density at radius 2 is 2.05 bits per heavy atom. The molecule has 0 spiro atoms. The van der Waals surface area contributed by atoms with Gasteiger partial charge in [0, 0.05) is 12.8 Å². The second kappa shape index (κ2) is 7.11. The largest absolute Gasteiger partial charge is 0.508 e. The maximum Gasteiger partial charge on any atom is 0.257 e. The average Bonchev–Trinajstić information content (AvgIpc) is 2.48. The number of halogens is 1. The Hall–Kier alpha value is -2.04. The van der Waals surface area contributed by atoms with Gasteiger partial charge >= 0.3 is 0 Å². The number of benzene rings is 2. The van der Waals surface area contributed by atoms with E-state index in [-0.39, 0.29) is 17.2 Å². The Morgan fingerprint density at radius 1 is 1.29 bits per heavy atom. The lowest BCUT2D eigenvalue weighted by atomic mass is 10.1. The molecule has 0 radical (unpaired) electrons. The van der Waals surface area contributed by atoms with Crippen LogP contribution in [0.2, 0.25) is 5.02 Å². The molecule has 0 fully saturated rings. The number of hydrogen-bond acceptors (Lipinski definition) is 3. The summed E-state index contributed by atoms with van der Waals surface area (Å²) in [6, 6.07) is 11.8. The molecule has 0 bridgehead atoms. The van der Waals surface area contributed by atoms with Crippen molar-refractivity contribution in [3.63, 3.8) is 0 Å². The third-order valence-electron chi connectivity index (χ3n) is 3.04. The topological polar surface area (TPSA) is 58.6 Å². The smallest absolute Gasteiger partial charge is 0.257 e. The van der Waals surface area contributed by atoms with Crippen LogP contribution in [0, 0.1) is 0 Å². The summed E-state index contributed by atoms with van der Waals surface area (Å²) in [5.74, 6) is -0.363. The lowest BCUT2D eigenvalue weighted by Gasteiger charge is -2.11. The molecule has 2 rings (SSSR count). The molecule has 2 N–H and O–H groups in total. The van der Waals surface area contributed by atoms with Crippen molar-refractivity contribution in [3.05, 3.63) is 58.6 Å². The molecule has 0 saturated heterocycles. The highest BCUT2D eigenvalue weighted by molar-refractivity contribution is 6.34. The van der Waals surface area contributed by atoms with E-state index in [1.807, 2.05) is 24.3 Å². The number of para-hydroxylation sites is 1. The van der Waals surface area contributed by atoms with E-state index in [1.54, 1.807) is 7.11 Å². The van der Waals surface area contributed by atoms with Crippen LogP contribution in [0.5, 0.6) is 5.75 Å². The standard InChI is InChI=1S/C16H16ClNO3/c1-21-9-8-11-4-2-3-5-15(11)18-16(20)13-10-12(19)6-7-14(13)17/h2-7,10,19H,8-9H2,1H3,(H,18,20). The fraction of sp³-hybridized carbons (Fsp3) is 0.188. The normalized spacial score (nSPS) is 10.4. The summed E-state index contributed by atoms with van der Waals surface area (Å²) in [4.78, 5) is 12.3. The zero-order valence-corrected chi connectivity index (χ0v) is 12.4. The molecule has 2 aromatic carbocycles. The summed E-state index contributed by atoms with van der Waals surface area (Å²) in [5, 5.41) is 12.6. The fourth-order valence-corrected chi connectivity index (χ4v) is 2.15. The molecule has 4 nitrogen and oxygen atoms in total. The number of carbonyl (C=O) groups is 1. The van der Waals surface area contributed by atoms with Crippen molar-refractivity contribution >= 4 is 23.2 Å². The SMILES string of the molecule is COCCc1ccccc1NC(=O)c1cc(O)ccc1Cl. The number of methoxy groups -OCH3 is 1. The highest BCUT2D eigenvalue weighted by atomic mass is 35.5. The van der Waals surface area contributed by atoms with E-state index in [0.29, 0.717) is 23.7 Å². The molecule has 0 aromatic heterocycles. The third-order valence-corrected chi connectivity index (χ3v) is 3.37. The lowest BCUT2D eigenvalue weighted by molar-refractivity contribution is 0.102.